The maximum atomic E-state index is 14.9. The zero-order chi connectivity index (χ0) is 21.3. The molecular formula is C23H19F2N3O2. The van der Waals surface area contributed by atoms with Crippen LogP contribution in [0.5, 0.6) is 11.6 Å². The molecule has 0 bridgehead atoms. The first-order chi connectivity index (χ1) is 14.4. The molecule has 4 rings (SSSR count). The fourth-order valence-corrected chi connectivity index (χ4v) is 3.35. The number of nitrogens with one attached hydrogen (secondary N) is 1. The lowest BCUT2D eigenvalue weighted by Crippen LogP contribution is -2.03. The van der Waals surface area contributed by atoms with Gasteiger partial charge in [0.2, 0.25) is 5.82 Å². The Morgan fingerprint density at radius 2 is 1.87 bits per heavy atom. The van der Waals surface area contributed by atoms with Crippen LogP contribution in [0.15, 0.2) is 48.3 Å². The second-order valence-electron chi connectivity index (χ2n) is 7.26. The van der Waals surface area contributed by atoms with E-state index in [0.29, 0.717) is 24.1 Å². The second kappa shape index (κ2) is 8.02. The molecule has 1 aliphatic carbocycles. The van der Waals surface area contributed by atoms with Gasteiger partial charge in [0.1, 0.15) is 12.1 Å². The number of rotatable bonds is 6. The molecule has 1 aliphatic rings. The van der Waals surface area contributed by atoms with E-state index in [1.807, 2.05) is 6.92 Å². The monoisotopic (exact) mass is 407 g/mol. The number of Topliss-reactive ketones (excluding diaryl/α,β-unsaturated/α-hetero) is 1. The van der Waals surface area contributed by atoms with Crippen molar-refractivity contribution in [2.75, 3.05) is 5.32 Å². The average Bonchev–Trinajstić information content (AvgIpc) is 3.09. The molecule has 0 unspecified atom stereocenters. The first kappa shape index (κ1) is 19.7. The Morgan fingerprint density at radius 1 is 1.10 bits per heavy atom. The van der Waals surface area contributed by atoms with Crippen LogP contribution in [0.1, 0.15) is 30.5 Å². The molecular weight excluding hydrogens is 388 g/mol. The number of allylic oxidation sites excluding steroid dienone is 1. The van der Waals surface area contributed by atoms with Crippen LogP contribution in [0.3, 0.4) is 0 Å². The van der Waals surface area contributed by atoms with Crippen molar-refractivity contribution >= 4 is 23.4 Å². The van der Waals surface area contributed by atoms with Gasteiger partial charge in [0.05, 0.1) is 0 Å². The summed E-state index contributed by atoms with van der Waals surface area (Å²) < 4.78 is 35.1. The molecule has 152 valence electrons. The van der Waals surface area contributed by atoms with Gasteiger partial charge in [0.15, 0.2) is 17.4 Å². The van der Waals surface area contributed by atoms with Gasteiger partial charge in [-0.25, -0.2) is 9.37 Å². The van der Waals surface area contributed by atoms with E-state index >= 15 is 0 Å². The minimum atomic E-state index is -0.836. The number of hydrogen-bond donors (Lipinski definition) is 1. The smallest absolute Gasteiger partial charge is 0.261 e. The van der Waals surface area contributed by atoms with E-state index in [-0.39, 0.29) is 23.2 Å². The maximum Gasteiger partial charge on any atom is 0.261 e. The van der Waals surface area contributed by atoms with E-state index in [4.69, 9.17) is 4.74 Å². The first-order valence-electron chi connectivity index (χ1n) is 9.43. The molecule has 1 N–H and O–H groups in total. The SMILES string of the molecule is CC(=O)Cc1ccc(Nc2ncnc(Oc3ccc4c(c3F)C=C(C)C4)c2F)cc1. The Bertz CT molecular complexity index is 1160. The van der Waals surface area contributed by atoms with Crippen LogP contribution in [0.4, 0.5) is 20.3 Å². The highest BCUT2D eigenvalue weighted by Crippen LogP contribution is 2.35. The van der Waals surface area contributed by atoms with Crippen LogP contribution in [0, 0.1) is 11.6 Å². The number of ketones is 1. The molecule has 30 heavy (non-hydrogen) atoms. The highest BCUT2D eigenvalue weighted by molar-refractivity contribution is 5.78. The van der Waals surface area contributed by atoms with Crippen molar-refractivity contribution < 1.29 is 18.3 Å². The van der Waals surface area contributed by atoms with Crippen molar-refractivity contribution in [1.29, 1.82) is 0 Å². The molecule has 5 nitrogen and oxygen atoms in total. The molecule has 1 heterocycles. The Balaban J connectivity index is 1.55. The largest absolute Gasteiger partial charge is 0.433 e. The van der Waals surface area contributed by atoms with E-state index in [1.54, 1.807) is 36.4 Å². The van der Waals surface area contributed by atoms with Gasteiger partial charge in [-0.3, -0.25) is 4.79 Å². The standard InChI is InChI=1S/C23H19F2N3O2/c1-13-9-16-5-8-19(20(24)18(16)10-13)30-23-21(25)22(26-12-27-23)28-17-6-3-15(4-7-17)11-14(2)29/h3-8,10,12H,9,11H2,1-2H3,(H,26,27,28). The second-order valence-corrected chi connectivity index (χ2v) is 7.26. The topological polar surface area (TPSA) is 64.1 Å². The molecule has 2 aromatic carbocycles. The highest BCUT2D eigenvalue weighted by Gasteiger charge is 2.20. The number of carbonyl (C=O) groups is 1. The van der Waals surface area contributed by atoms with Gasteiger partial charge in [-0.15, -0.1) is 0 Å². The zero-order valence-corrected chi connectivity index (χ0v) is 16.5. The molecule has 0 aliphatic heterocycles. The summed E-state index contributed by atoms with van der Waals surface area (Å²) in [4.78, 5) is 18.9. The summed E-state index contributed by atoms with van der Waals surface area (Å²) in [5, 5.41) is 2.85. The minimum absolute atomic E-state index is 0.0591. The van der Waals surface area contributed by atoms with E-state index < -0.39 is 11.6 Å². The molecule has 0 atom stereocenters. The molecule has 0 amide bonds. The highest BCUT2D eigenvalue weighted by atomic mass is 19.1. The molecule has 0 spiro atoms. The van der Waals surface area contributed by atoms with Crippen molar-refractivity contribution in [2.45, 2.75) is 26.7 Å². The molecule has 0 saturated heterocycles. The van der Waals surface area contributed by atoms with E-state index in [2.05, 4.69) is 15.3 Å². The number of halogens is 2. The fraction of sp³-hybridized carbons (Fsp3) is 0.174. The zero-order valence-electron chi connectivity index (χ0n) is 16.5. The summed E-state index contributed by atoms with van der Waals surface area (Å²) in [7, 11) is 0. The average molecular weight is 407 g/mol. The molecule has 0 fully saturated rings. The Kier molecular flexibility index (Phi) is 5.27. The van der Waals surface area contributed by atoms with Crippen molar-refractivity contribution in [3.05, 3.63) is 76.6 Å². The van der Waals surface area contributed by atoms with Gasteiger partial charge in [-0.1, -0.05) is 29.8 Å². The normalized spacial score (nSPS) is 12.3. The minimum Gasteiger partial charge on any atom is -0.433 e. The van der Waals surface area contributed by atoms with E-state index in [1.165, 1.54) is 13.0 Å². The van der Waals surface area contributed by atoms with Crippen LogP contribution in [-0.2, 0) is 17.6 Å². The number of fused-ring (bicyclic) bond motifs is 1. The molecule has 1 aromatic heterocycles. The van der Waals surface area contributed by atoms with Crippen molar-refractivity contribution in [3.63, 3.8) is 0 Å². The quantitative estimate of drug-likeness (QED) is 0.594. The fourth-order valence-electron chi connectivity index (χ4n) is 3.35. The van der Waals surface area contributed by atoms with Crippen LogP contribution < -0.4 is 10.1 Å². The number of ether oxygens (including phenoxy) is 1. The lowest BCUT2D eigenvalue weighted by Gasteiger charge is -2.12. The van der Waals surface area contributed by atoms with Gasteiger partial charge in [-0.2, -0.15) is 9.37 Å². The predicted octanol–water partition coefficient (Wildman–Crippen LogP) is 5.38. The van der Waals surface area contributed by atoms with E-state index in [0.717, 1.165) is 23.0 Å². The van der Waals surface area contributed by atoms with Crippen molar-refractivity contribution in [2.24, 2.45) is 0 Å². The van der Waals surface area contributed by atoms with Gasteiger partial charge in [0.25, 0.3) is 5.88 Å². The van der Waals surface area contributed by atoms with Crippen LogP contribution in [-0.4, -0.2) is 15.8 Å². The van der Waals surface area contributed by atoms with Crippen molar-refractivity contribution in [3.8, 4) is 11.6 Å². The number of anilines is 2. The summed E-state index contributed by atoms with van der Waals surface area (Å²) in [6, 6.07) is 10.2. The summed E-state index contributed by atoms with van der Waals surface area (Å²) in [5.74, 6) is -1.90. The summed E-state index contributed by atoms with van der Waals surface area (Å²) >= 11 is 0. The third kappa shape index (κ3) is 4.05. The number of nitrogens with zero attached hydrogens (tertiary/aromatic N) is 2. The van der Waals surface area contributed by atoms with Crippen molar-refractivity contribution in [1.82, 2.24) is 9.97 Å². The third-order valence-electron chi connectivity index (χ3n) is 4.73. The first-order valence-corrected chi connectivity index (χ1v) is 9.43. The van der Waals surface area contributed by atoms with Gasteiger partial charge >= 0.3 is 0 Å². The lowest BCUT2D eigenvalue weighted by atomic mass is 10.1. The number of benzene rings is 2. The van der Waals surface area contributed by atoms with Gasteiger partial charge in [-0.05, 0) is 49.6 Å². The molecule has 3 aromatic rings. The lowest BCUT2D eigenvalue weighted by molar-refractivity contribution is -0.116. The number of carbonyl (C=O) groups excluding carboxylic acids is 1. The summed E-state index contributed by atoms with van der Waals surface area (Å²) in [5.41, 5.74) is 3.82. The molecule has 0 saturated carbocycles. The summed E-state index contributed by atoms with van der Waals surface area (Å²) in [6.07, 6.45) is 3.92. The Labute approximate surface area is 172 Å². The van der Waals surface area contributed by atoms with Gasteiger partial charge in [0, 0.05) is 17.7 Å². The Hall–Kier alpha value is -3.61. The van der Waals surface area contributed by atoms with Crippen LogP contribution in [0.2, 0.25) is 0 Å². The number of aromatic nitrogens is 2. The van der Waals surface area contributed by atoms with Crippen LogP contribution >= 0.6 is 0 Å². The predicted molar refractivity (Wildman–Crippen MR) is 110 cm³/mol. The third-order valence-corrected chi connectivity index (χ3v) is 4.73. The van der Waals surface area contributed by atoms with E-state index in [9.17, 15) is 13.6 Å². The van der Waals surface area contributed by atoms with Crippen LogP contribution in [0.25, 0.3) is 6.08 Å². The maximum absolute atomic E-state index is 14.9. The molecule has 0 radical (unpaired) electrons. The van der Waals surface area contributed by atoms with Gasteiger partial charge < -0.3 is 10.1 Å². The summed E-state index contributed by atoms with van der Waals surface area (Å²) in [6.45, 7) is 3.44. The Morgan fingerprint density at radius 3 is 2.60 bits per heavy atom. The number of hydrogen-bond acceptors (Lipinski definition) is 5. The molecule has 7 heteroatoms.